The van der Waals surface area contributed by atoms with Crippen LogP contribution < -0.4 is 9.47 Å². The largest absolute Gasteiger partial charge is 0.497 e. The van der Waals surface area contributed by atoms with Gasteiger partial charge in [-0.25, -0.2) is 0 Å². The highest BCUT2D eigenvalue weighted by Gasteiger charge is 2.18. The molecule has 2 aromatic carbocycles. The molecule has 21 heavy (non-hydrogen) atoms. The highest BCUT2D eigenvalue weighted by Crippen LogP contribution is 2.29. The van der Waals surface area contributed by atoms with Gasteiger partial charge >= 0.3 is 0 Å². The Morgan fingerprint density at radius 2 is 1.76 bits per heavy atom. The molecule has 110 valence electrons. The number of halogens is 2. The molecule has 1 unspecified atom stereocenters. The lowest BCUT2D eigenvalue weighted by molar-refractivity contribution is 0.0818. The van der Waals surface area contributed by atoms with Crippen molar-refractivity contribution in [2.24, 2.45) is 0 Å². The van der Waals surface area contributed by atoms with E-state index in [1.807, 2.05) is 0 Å². The zero-order valence-electron chi connectivity index (χ0n) is 11.6. The highest BCUT2D eigenvalue weighted by atomic mass is 35.5. The first-order chi connectivity index (χ1) is 10.0. The van der Waals surface area contributed by atoms with E-state index >= 15 is 0 Å². The number of Topliss-reactive ketones (excluding diaryl/α,β-unsaturated/α-hetero) is 1. The van der Waals surface area contributed by atoms with Gasteiger partial charge in [-0.2, -0.15) is 0 Å². The zero-order chi connectivity index (χ0) is 15.4. The maximum atomic E-state index is 12.3. The number of carbonyl (C=O) groups is 1. The Labute approximate surface area is 133 Å². The number of hydrogen-bond donors (Lipinski definition) is 0. The van der Waals surface area contributed by atoms with Crippen LogP contribution in [-0.4, -0.2) is 19.0 Å². The molecule has 0 heterocycles. The Bertz CT molecular complexity index is 638. The van der Waals surface area contributed by atoms with E-state index in [4.69, 9.17) is 32.7 Å². The van der Waals surface area contributed by atoms with Crippen LogP contribution in [0.4, 0.5) is 0 Å². The number of methoxy groups -OCH3 is 1. The predicted molar refractivity (Wildman–Crippen MR) is 83.9 cm³/mol. The summed E-state index contributed by atoms with van der Waals surface area (Å²) in [7, 11) is 1.57. The van der Waals surface area contributed by atoms with Crippen molar-refractivity contribution in [3.63, 3.8) is 0 Å². The summed E-state index contributed by atoms with van der Waals surface area (Å²) in [5.74, 6) is 0.935. The molecule has 0 fully saturated rings. The molecule has 2 rings (SSSR count). The number of ether oxygens (including phenoxy) is 2. The molecule has 0 aliphatic carbocycles. The van der Waals surface area contributed by atoms with Crippen LogP contribution in [0, 0.1) is 0 Å². The molecule has 0 saturated heterocycles. The van der Waals surface area contributed by atoms with E-state index in [-0.39, 0.29) is 5.78 Å². The van der Waals surface area contributed by atoms with Crippen molar-refractivity contribution in [3.8, 4) is 11.5 Å². The van der Waals surface area contributed by atoms with Gasteiger partial charge in [-0.05, 0) is 43.3 Å². The van der Waals surface area contributed by atoms with Gasteiger partial charge in [-0.1, -0.05) is 23.2 Å². The van der Waals surface area contributed by atoms with Crippen molar-refractivity contribution < 1.29 is 14.3 Å². The second-order valence-corrected chi connectivity index (χ2v) is 5.27. The summed E-state index contributed by atoms with van der Waals surface area (Å²) in [6, 6.07) is 11.7. The Balaban J connectivity index is 2.13. The van der Waals surface area contributed by atoms with Crippen LogP contribution in [0.25, 0.3) is 0 Å². The summed E-state index contributed by atoms with van der Waals surface area (Å²) in [6.45, 7) is 1.67. The van der Waals surface area contributed by atoms with Crippen LogP contribution in [0.1, 0.15) is 17.3 Å². The zero-order valence-corrected chi connectivity index (χ0v) is 13.1. The molecule has 0 aliphatic heterocycles. The number of benzene rings is 2. The normalized spacial score (nSPS) is 11.8. The monoisotopic (exact) mass is 324 g/mol. The van der Waals surface area contributed by atoms with Crippen molar-refractivity contribution >= 4 is 29.0 Å². The minimum atomic E-state index is -0.672. The van der Waals surface area contributed by atoms with Crippen molar-refractivity contribution in [1.29, 1.82) is 0 Å². The second kappa shape index (κ2) is 6.83. The van der Waals surface area contributed by atoms with Gasteiger partial charge in [-0.3, -0.25) is 4.79 Å². The van der Waals surface area contributed by atoms with E-state index in [0.717, 1.165) is 0 Å². The van der Waals surface area contributed by atoms with E-state index in [2.05, 4.69) is 0 Å². The summed E-state index contributed by atoms with van der Waals surface area (Å²) in [4.78, 5) is 12.3. The highest BCUT2D eigenvalue weighted by molar-refractivity contribution is 6.34. The van der Waals surface area contributed by atoms with Crippen molar-refractivity contribution in [3.05, 3.63) is 58.1 Å². The Morgan fingerprint density at radius 1 is 1.10 bits per heavy atom. The van der Waals surface area contributed by atoms with E-state index in [0.29, 0.717) is 27.1 Å². The summed E-state index contributed by atoms with van der Waals surface area (Å²) in [6.07, 6.45) is -0.672. The minimum absolute atomic E-state index is 0.145. The summed E-state index contributed by atoms with van der Waals surface area (Å²) in [5, 5.41) is 0.910. The van der Waals surface area contributed by atoms with Gasteiger partial charge < -0.3 is 9.47 Å². The first-order valence-electron chi connectivity index (χ1n) is 6.31. The first-order valence-corrected chi connectivity index (χ1v) is 7.07. The van der Waals surface area contributed by atoms with Gasteiger partial charge in [0, 0.05) is 16.7 Å². The SMILES string of the molecule is COc1ccc(C(=O)C(C)Oc2cc(Cl)ccc2Cl)cc1. The Kier molecular flexibility index (Phi) is 5.10. The number of rotatable bonds is 5. The summed E-state index contributed by atoms with van der Waals surface area (Å²) < 4.78 is 10.7. The Morgan fingerprint density at radius 3 is 2.38 bits per heavy atom. The van der Waals surface area contributed by atoms with Crippen LogP contribution in [0.3, 0.4) is 0 Å². The molecule has 0 amide bonds. The molecule has 5 heteroatoms. The summed E-state index contributed by atoms with van der Waals surface area (Å²) >= 11 is 11.9. The van der Waals surface area contributed by atoms with Crippen LogP contribution in [0.15, 0.2) is 42.5 Å². The number of ketones is 1. The van der Waals surface area contributed by atoms with Crippen LogP contribution >= 0.6 is 23.2 Å². The second-order valence-electron chi connectivity index (χ2n) is 4.43. The molecule has 0 radical (unpaired) electrons. The van der Waals surface area contributed by atoms with Crippen LogP contribution in [-0.2, 0) is 0 Å². The molecule has 2 aromatic rings. The van der Waals surface area contributed by atoms with E-state index < -0.39 is 6.10 Å². The van der Waals surface area contributed by atoms with Gasteiger partial charge in [0.25, 0.3) is 0 Å². The molecule has 3 nitrogen and oxygen atoms in total. The van der Waals surface area contributed by atoms with Crippen LogP contribution in [0.5, 0.6) is 11.5 Å². The molecular formula is C16H14Cl2O3. The third-order valence-corrected chi connectivity index (χ3v) is 3.49. The maximum absolute atomic E-state index is 12.3. The fraction of sp³-hybridized carbons (Fsp3) is 0.188. The molecule has 1 atom stereocenters. The third kappa shape index (κ3) is 3.90. The lowest BCUT2D eigenvalue weighted by Gasteiger charge is -2.15. The lowest BCUT2D eigenvalue weighted by Crippen LogP contribution is -2.24. The lowest BCUT2D eigenvalue weighted by atomic mass is 10.1. The minimum Gasteiger partial charge on any atom is -0.497 e. The van der Waals surface area contributed by atoms with E-state index in [9.17, 15) is 4.79 Å². The number of hydrogen-bond acceptors (Lipinski definition) is 3. The third-order valence-electron chi connectivity index (χ3n) is 2.94. The van der Waals surface area contributed by atoms with Gasteiger partial charge in [0.2, 0.25) is 5.78 Å². The van der Waals surface area contributed by atoms with Gasteiger partial charge in [0.15, 0.2) is 6.10 Å². The Hall–Kier alpha value is -1.71. The average Bonchev–Trinajstić information content (AvgIpc) is 2.50. The van der Waals surface area contributed by atoms with Crippen molar-refractivity contribution in [2.75, 3.05) is 7.11 Å². The smallest absolute Gasteiger partial charge is 0.202 e. The van der Waals surface area contributed by atoms with Gasteiger partial charge in [0.05, 0.1) is 12.1 Å². The fourth-order valence-electron chi connectivity index (χ4n) is 1.80. The topological polar surface area (TPSA) is 35.5 Å². The molecular weight excluding hydrogens is 311 g/mol. The molecule has 0 bridgehead atoms. The predicted octanol–water partition coefficient (Wildman–Crippen LogP) is 4.65. The quantitative estimate of drug-likeness (QED) is 0.751. The van der Waals surface area contributed by atoms with Gasteiger partial charge in [-0.15, -0.1) is 0 Å². The van der Waals surface area contributed by atoms with E-state index in [1.54, 1.807) is 56.5 Å². The molecule has 0 spiro atoms. The average molecular weight is 325 g/mol. The maximum Gasteiger partial charge on any atom is 0.202 e. The fourth-order valence-corrected chi connectivity index (χ4v) is 2.13. The molecule has 0 saturated carbocycles. The number of carbonyl (C=O) groups excluding carboxylic acids is 1. The molecule has 0 aromatic heterocycles. The first kappa shape index (κ1) is 15.7. The van der Waals surface area contributed by atoms with Crippen molar-refractivity contribution in [2.45, 2.75) is 13.0 Å². The summed E-state index contributed by atoms with van der Waals surface area (Å²) in [5.41, 5.74) is 0.543. The standard InChI is InChI=1S/C16H14Cl2O3/c1-10(21-15-9-12(17)5-8-14(15)18)16(19)11-3-6-13(20-2)7-4-11/h3-10H,1-2H3. The van der Waals surface area contributed by atoms with E-state index in [1.165, 1.54) is 0 Å². The molecule has 0 aliphatic rings. The molecule has 0 N–H and O–H groups in total. The van der Waals surface area contributed by atoms with Crippen molar-refractivity contribution in [1.82, 2.24) is 0 Å². The van der Waals surface area contributed by atoms with Crippen LogP contribution in [0.2, 0.25) is 10.0 Å². The van der Waals surface area contributed by atoms with Gasteiger partial charge in [0.1, 0.15) is 11.5 Å².